The largest absolute Gasteiger partial charge is 0.434 e. The Morgan fingerprint density at radius 3 is 1.49 bits per heavy atom. The van der Waals surface area contributed by atoms with Crippen molar-refractivity contribution in [2.24, 2.45) is 0 Å². The van der Waals surface area contributed by atoms with Gasteiger partial charge in [0.15, 0.2) is 11.3 Å². The lowest BCUT2D eigenvalue weighted by Crippen LogP contribution is -2.22. The molecular weight excluding hydrogens is 943 g/mol. The molecule has 20 nitrogen and oxygen atoms in total. The number of carbonyl (C=O) groups is 4. The van der Waals surface area contributed by atoms with Gasteiger partial charge in [-0.25, -0.2) is 19.0 Å². The van der Waals surface area contributed by atoms with Gasteiger partial charge < -0.3 is 30.7 Å². The van der Waals surface area contributed by atoms with Gasteiger partial charge in [-0.2, -0.15) is 38.0 Å². The van der Waals surface area contributed by atoms with Crippen LogP contribution in [-0.2, 0) is 9.59 Å². The normalized spacial score (nSPS) is 15.6. The molecule has 0 bridgehead atoms. The molecule has 0 spiro atoms. The Balaban J connectivity index is 0.000000170. The Morgan fingerprint density at radius 1 is 0.676 bits per heavy atom. The Labute approximate surface area is 389 Å². The smallest absolute Gasteiger partial charge is 0.387 e. The number of hydrogen-bond donors (Lipinski definition) is 4. The quantitative estimate of drug-likeness (QED) is 0.0986. The summed E-state index contributed by atoms with van der Waals surface area (Å²) in [6.07, 6.45) is 12.9. The summed E-state index contributed by atoms with van der Waals surface area (Å²) >= 11 is 12.2. The second-order valence-corrected chi connectivity index (χ2v) is 15.6. The lowest BCUT2D eigenvalue weighted by Gasteiger charge is -2.11. The highest BCUT2D eigenvalue weighted by atomic mass is 35.5. The molecule has 2 fully saturated rings. The highest BCUT2D eigenvalue weighted by Crippen LogP contribution is 2.40. The number of carbonyl (C=O) groups excluding carboxylic acids is 4. The molecule has 68 heavy (non-hydrogen) atoms. The van der Waals surface area contributed by atoms with E-state index in [1.165, 1.54) is 92.0 Å². The number of nitrogens with zero attached hydrogens (tertiary/aromatic N) is 10. The second kappa shape index (κ2) is 19.0. The number of ether oxygens (including phenoxy) is 2. The maximum absolute atomic E-state index is 13.1. The number of nitrogens with one attached hydrogen (secondary N) is 4. The summed E-state index contributed by atoms with van der Waals surface area (Å²) in [6.45, 7) is -5.26. The summed E-state index contributed by atoms with van der Waals surface area (Å²) in [6, 6.07) is 10.2. The van der Waals surface area contributed by atoms with Gasteiger partial charge in [-0.15, -0.1) is 0 Å². The average molecular weight is 976 g/mol. The zero-order valence-corrected chi connectivity index (χ0v) is 36.1. The molecule has 2 saturated heterocycles. The predicted octanol–water partition coefficient (Wildman–Crippen LogP) is 6.32. The number of rotatable bonds is 12. The van der Waals surface area contributed by atoms with E-state index in [1.807, 2.05) is 0 Å². The molecule has 8 heterocycles. The molecule has 348 valence electrons. The highest BCUT2D eigenvalue weighted by molar-refractivity contribution is 6.31. The molecule has 6 aromatic heterocycles. The minimum Gasteiger partial charge on any atom is -0.434 e. The maximum Gasteiger partial charge on any atom is 0.387 e. The molecule has 2 aliphatic rings. The van der Waals surface area contributed by atoms with Crippen LogP contribution >= 0.6 is 23.2 Å². The van der Waals surface area contributed by atoms with Crippen molar-refractivity contribution >= 4 is 69.5 Å². The van der Waals surface area contributed by atoms with Crippen molar-refractivity contribution in [3.05, 3.63) is 119 Å². The van der Waals surface area contributed by atoms with Crippen molar-refractivity contribution in [3.63, 3.8) is 0 Å². The summed E-state index contributed by atoms with van der Waals surface area (Å²) in [5.74, 6) is -1.96. The molecule has 0 aliphatic carbocycles. The van der Waals surface area contributed by atoms with Crippen molar-refractivity contribution in [2.45, 2.75) is 38.1 Å². The summed E-state index contributed by atoms with van der Waals surface area (Å²) in [5, 5.41) is 28.5. The molecule has 2 atom stereocenters. The fourth-order valence-corrected chi connectivity index (χ4v) is 7.82. The lowest BCUT2D eigenvalue weighted by molar-refractivity contribution is -0.122. The molecule has 0 radical (unpaired) electrons. The number of anilines is 2. The van der Waals surface area contributed by atoms with Gasteiger partial charge in [0.2, 0.25) is 11.8 Å². The molecule has 8 aromatic rings. The first-order valence-electron chi connectivity index (χ1n) is 20.2. The summed E-state index contributed by atoms with van der Waals surface area (Å²) in [5.41, 5.74) is 1.83. The van der Waals surface area contributed by atoms with E-state index >= 15 is 0 Å². The third-order valence-corrected chi connectivity index (χ3v) is 11.0. The second-order valence-electron chi connectivity index (χ2n) is 14.8. The van der Waals surface area contributed by atoms with Gasteiger partial charge >= 0.3 is 13.2 Å². The zero-order valence-electron chi connectivity index (χ0n) is 34.6. The van der Waals surface area contributed by atoms with E-state index in [9.17, 15) is 36.7 Å². The summed E-state index contributed by atoms with van der Waals surface area (Å²) in [4.78, 5) is 59.0. The van der Waals surface area contributed by atoms with Gasteiger partial charge in [0.05, 0.1) is 36.2 Å². The van der Waals surface area contributed by atoms with Crippen LogP contribution in [0.2, 0.25) is 10.0 Å². The number of aromatic nitrogens is 10. The van der Waals surface area contributed by atoms with Crippen molar-refractivity contribution in [2.75, 3.05) is 23.7 Å². The van der Waals surface area contributed by atoms with E-state index in [0.717, 1.165) is 0 Å². The van der Waals surface area contributed by atoms with Gasteiger partial charge in [0.25, 0.3) is 11.8 Å². The van der Waals surface area contributed by atoms with Crippen LogP contribution in [0.5, 0.6) is 11.5 Å². The maximum atomic E-state index is 13.1. The van der Waals surface area contributed by atoms with Crippen LogP contribution in [0.1, 0.15) is 45.6 Å². The van der Waals surface area contributed by atoms with Crippen LogP contribution in [0.15, 0.2) is 98.1 Å². The third kappa shape index (κ3) is 9.30. The van der Waals surface area contributed by atoms with E-state index in [2.05, 4.69) is 61.1 Å². The van der Waals surface area contributed by atoms with E-state index in [-0.39, 0.29) is 78.4 Å². The number of fused-ring (bicyclic) bond motifs is 2. The monoisotopic (exact) mass is 974 g/mol. The molecule has 2 aliphatic heterocycles. The first-order valence-corrected chi connectivity index (χ1v) is 21.0. The van der Waals surface area contributed by atoms with Gasteiger partial charge in [0.1, 0.15) is 46.1 Å². The topological polar surface area (TPSA) is 231 Å². The highest BCUT2D eigenvalue weighted by Gasteiger charge is 2.32. The molecule has 26 heteroatoms. The molecule has 4 amide bonds. The van der Waals surface area contributed by atoms with E-state index < -0.39 is 37.1 Å². The lowest BCUT2D eigenvalue weighted by atomic mass is 10.1. The first-order chi connectivity index (χ1) is 32.8. The Morgan fingerprint density at radius 2 is 1.10 bits per heavy atom. The fraction of sp³-hybridized carbons (Fsp3) is 0.190. The molecule has 0 saturated carbocycles. The van der Waals surface area contributed by atoms with Gasteiger partial charge in [-0.05, 0) is 61.4 Å². The van der Waals surface area contributed by atoms with Crippen LogP contribution in [0.25, 0.3) is 33.8 Å². The van der Waals surface area contributed by atoms with Crippen molar-refractivity contribution < 1.29 is 46.2 Å². The predicted molar refractivity (Wildman–Crippen MR) is 234 cm³/mol. The Hall–Kier alpha value is -8.12. The van der Waals surface area contributed by atoms with E-state index in [4.69, 9.17) is 23.2 Å². The van der Waals surface area contributed by atoms with Crippen LogP contribution in [-0.4, -0.2) is 98.7 Å². The van der Waals surface area contributed by atoms with Crippen LogP contribution in [0, 0.1) is 0 Å². The van der Waals surface area contributed by atoms with Gasteiger partial charge in [-0.1, -0.05) is 23.2 Å². The molecule has 10 rings (SSSR count). The number of hydrogen-bond acceptors (Lipinski definition) is 12. The van der Waals surface area contributed by atoms with Crippen molar-refractivity contribution in [3.8, 4) is 34.0 Å². The molecule has 2 aromatic carbocycles. The van der Waals surface area contributed by atoms with Crippen LogP contribution < -0.4 is 30.7 Å². The van der Waals surface area contributed by atoms with Gasteiger partial charge in [0, 0.05) is 59.0 Å². The molecular formula is C42H32Cl2F4N14O6. The van der Waals surface area contributed by atoms with Crippen LogP contribution in [0.4, 0.5) is 28.9 Å². The number of halogens is 6. The van der Waals surface area contributed by atoms with Crippen molar-refractivity contribution in [1.29, 1.82) is 0 Å². The molecule has 2 unspecified atom stereocenters. The zero-order chi connectivity index (χ0) is 47.6. The number of benzene rings is 2. The summed E-state index contributed by atoms with van der Waals surface area (Å²) < 4.78 is 67.1. The molecule has 4 N–H and O–H groups in total. The first kappa shape index (κ1) is 45.1. The minimum absolute atomic E-state index is 0.107. The summed E-state index contributed by atoms with van der Waals surface area (Å²) in [7, 11) is 0. The Bertz CT molecular complexity index is 3020. The number of alkyl halides is 4. The minimum atomic E-state index is -3.09. The fourth-order valence-electron chi connectivity index (χ4n) is 7.48. The standard InChI is InChI=1S/2C21H16ClF2N7O3/c2*22-11-2-3-16(34-21(23)24)12(8-11)17-14(10-31(29-17)15-4-6-26-20(15)33)28-19(32)13-9-27-30-7-1-5-25-18(13)30/h2*1-3,5,7-10,15,21H,4,6H2,(H,26,33)(H,28,32). The van der Waals surface area contributed by atoms with Crippen molar-refractivity contribution in [1.82, 2.24) is 59.4 Å². The third-order valence-electron chi connectivity index (χ3n) is 10.5. The van der Waals surface area contributed by atoms with E-state index in [0.29, 0.717) is 37.2 Å². The average Bonchev–Trinajstić information content (AvgIpc) is 4.18. The van der Waals surface area contributed by atoms with Crippen LogP contribution in [0.3, 0.4) is 0 Å². The Kier molecular flexibility index (Phi) is 12.6. The van der Waals surface area contributed by atoms with Gasteiger partial charge in [-0.3, -0.25) is 28.5 Å². The van der Waals surface area contributed by atoms with E-state index in [1.54, 1.807) is 24.5 Å². The number of amides is 4. The SMILES string of the molecule is O=C(Nc1cn(C2CCNC2=O)nc1-c1cc(Cl)ccc1OC(F)F)c1cnn2cccnc12.O=C(Nc1cn(C2CCNC2=O)nc1-c1cc(Cl)ccc1OC(F)F)c1cnn2cccnc12.